The number of benzene rings is 3. The van der Waals surface area contributed by atoms with Crippen molar-refractivity contribution >= 4 is 5.57 Å². The van der Waals surface area contributed by atoms with E-state index in [9.17, 15) is 0 Å². The zero-order chi connectivity index (χ0) is 19.1. The third kappa shape index (κ3) is 4.65. The minimum absolute atomic E-state index is 1.01. The summed E-state index contributed by atoms with van der Waals surface area (Å²) in [5, 5.41) is 2.98. The molecule has 0 saturated heterocycles. The summed E-state index contributed by atoms with van der Waals surface area (Å²) in [6.07, 6.45) is 7.90. The molecular weight excluding hydrogens is 326 g/mol. The monoisotopic (exact) mass is 351 g/mol. The predicted octanol–water partition coefficient (Wildman–Crippen LogP) is 6.63. The van der Waals surface area contributed by atoms with Crippen molar-refractivity contribution in [1.82, 2.24) is 5.32 Å². The van der Waals surface area contributed by atoms with E-state index in [-0.39, 0.29) is 0 Å². The first kappa shape index (κ1) is 18.5. The molecule has 0 aliphatic heterocycles. The summed E-state index contributed by atoms with van der Waals surface area (Å²) in [5.74, 6) is 0. The lowest BCUT2D eigenvalue weighted by Crippen LogP contribution is -1.90. The number of aryl methyl sites for hydroxylation is 1. The fraction of sp³-hybridized carbons (Fsp3) is 0.0769. The Morgan fingerprint density at radius 1 is 0.778 bits per heavy atom. The minimum atomic E-state index is 1.01. The quantitative estimate of drug-likeness (QED) is 0.491. The van der Waals surface area contributed by atoms with Gasteiger partial charge in [0.1, 0.15) is 0 Å². The van der Waals surface area contributed by atoms with Gasteiger partial charge in [0.15, 0.2) is 0 Å². The standard InChI is InChI=1S/C26H25N/c1-20(10-7-8-17-27-3)26-19-25(16-15-21(26)2)24-14-9-13-23(18-24)22-11-5-4-6-12-22/h4-19,27H,1H2,2-3H3/b10-7-,17-8-. The van der Waals surface area contributed by atoms with Crippen molar-refractivity contribution in [2.75, 3.05) is 7.05 Å². The van der Waals surface area contributed by atoms with Crippen LogP contribution in [0.5, 0.6) is 0 Å². The van der Waals surface area contributed by atoms with Gasteiger partial charge in [0, 0.05) is 7.05 Å². The maximum absolute atomic E-state index is 4.24. The van der Waals surface area contributed by atoms with Crippen LogP contribution in [0, 0.1) is 6.92 Å². The third-order valence-electron chi connectivity index (χ3n) is 4.56. The molecule has 0 spiro atoms. The number of hydrogen-bond acceptors (Lipinski definition) is 1. The van der Waals surface area contributed by atoms with E-state index in [1.165, 1.54) is 33.4 Å². The summed E-state index contributed by atoms with van der Waals surface area (Å²) in [7, 11) is 1.89. The topological polar surface area (TPSA) is 12.0 Å². The molecule has 0 fully saturated rings. The SMILES string of the molecule is C=C(/C=C\C=C/NC)c1cc(-c2cccc(-c3ccccc3)c2)ccc1C. The lowest BCUT2D eigenvalue weighted by molar-refractivity contribution is 1.10. The Labute approximate surface area is 162 Å². The van der Waals surface area contributed by atoms with Gasteiger partial charge in [-0.2, -0.15) is 0 Å². The summed E-state index contributed by atoms with van der Waals surface area (Å²) in [6.45, 7) is 6.37. The lowest BCUT2D eigenvalue weighted by Gasteiger charge is -2.11. The molecule has 0 heterocycles. The predicted molar refractivity (Wildman–Crippen MR) is 118 cm³/mol. The highest BCUT2D eigenvalue weighted by molar-refractivity contribution is 5.80. The average Bonchev–Trinajstić information content (AvgIpc) is 2.72. The highest BCUT2D eigenvalue weighted by Crippen LogP contribution is 2.29. The molecule has 0 aliphatic rings. The highest BCUT2D eigenvalue weighted by atomic mass is 14.8. The molecule has 0 unspecified atom stereocenters. The molecule has 0 radical (unpaired) electrons. The van der Waals surface area contributed by atoms with Crippen molar-refractivity contribution in [2.45, 2.75) is 6.92 Å². The zero-order valence-corrected chi connectivity index (χ0v) is 15.9. The van der Waals surface area contributed by atoms with Gasteiger partial charge in [-0.25, -0.2) is 0 Å². The second-order valence-corrected chi connectivity index (χ2v) is 6.51. The van der Waals surface area contributed by atoms with Gasteiger partial charge in [-0.15, -0.1) is 0 Å². The summed E-state index contributed by atoms with van der Waals surface area (Å²) >= 11 is 0. The highest BCUT2D eigenvalue weighted by Gasteiger charge is 2.06. The average molecular weight is 351 g/mol. The molecular formula is C26H25N. The Hall–Kier alpha value is -3.32. The van der Waals surface area contributed by atoms with E-state index in [4.69, 9.17) is 0 Å². The first-order valence-corrected chi connectivity index (χ1v) is 9.15. The first-order chi connectivity index (χ1) is 13.2. The Morgan fingerprint density at radius 2 is 1.44 bits per heavy atom. The molecule has 0 aliphatic carbocycles. The van der Waals surface area contributed by atoms with Crippen LogP contribution in [0.4, 0.5) is 0 Å². The minimum Gasteiger partial charge on any atom is -0.394 e. The van der Waals surface area contributed by atoms with E-state index in [2.05, 4.69) is 85.5 Å². The Kier molecular flexibility index (Phi) is 6.06. The summed E-state index contributed by atoms with van der Waals surface area (Å²) in [4.78, 5) is 0. The molecule has 0 saturated carbocycles. The Bertz CT molecular complexity index is 978. The largest absolute Gasteiger partial charge is 0.394 e. The smallest absolute Gasteiger partial charge is 0.00277 e. The van der Waals surface area contributed by atoms with Gasteiger partial charge in [0.25, 0.3) is 0 Å². The molecule has 1 nitrogen and oxygen atoms in total. The molecule has 134 valence electrons. The van der Waals surface area contributed by atoms with Crippen molar-refractivity contribution in [3.05, 3.63) is 115 Å². The molecule has 0 aromatic heterocycles. The van der Waals surface area contributed by atoms with Crippen molar-refractivity contribution in [2.24, 2.45) is 0 Å². The fourth-order valence-electron chi connectivity index (χ4n) is 3.07. The van der Waals surface area contributed by atoms with Gasteiger partial charge in [-0.05, 0) is 70.3 Å². The zero-order valence-electron chi connectivity index (χ0n) is 15.9. The molecule has 1 N–H and O–H groups in total. The maximum atomic E-state index is 4.24. The van der Waals surface area contributed by atoms with E-state index in [1.54, 1.807) is 0 Å². The maximum Gasteiger partial charge on any atom is 0.00277 e. The van der Waals surface area contributed by atoms with Gasteiger partial charge in [-0.3, -0.25) is 0 Å². The van der Waals surface area contributed by atoms with E-state index in [0.717, 1.165) is 5.57 Å². The molecule has 3 aromatic carbocycles. The molecule has 0 atom stereocenters. The lowest BCUT2D eigenvalue weighted by atomic mass is 9.94. The van der Waals surface area contributed by atoms with Crippen LogP contribution >= 0.6 is 0 Å². The van der Waals surface area contributed by atoms with Crippen molar-refractivity contribution in [1.29, 1.82) is 0 Å². The van der Waals surface area contributed by atoms with Gasteiger partial charge in [0.05, 0.1) is 0 Å². The van der Waals surface area contributed by atoms with E-state index >= 15 is 0 Å². The van der Waals surface area contributed by atoms with Crippen LogP contribution in [-0.2, 0) is 0 Å². The van der Waals surface area contributed by atoms with Gasteiger partial charge < -0.3 is 5.32 Å². The van der Waals surface area contributed by atoms with Gasteiger partial charge in [-0.1, -0.05) is 79.4 Å². The van der Waals surface area contributed by atoms with Gasteiger partial charge >= 0.3 is 0 Å². The van der Waals surface area contributed by atoms with Gasteiger partial charge in [0.2, 0.25) is 0 Å². The number of rotatable bonds is 6. The molecule has 0 bridgehead atoms. The van der Waals surface area contributed by atoms with E-state index < -0.39 is 0 Å². The number of nitrogens with one attached hydrogen (secondary N) is 1. The van der Waals surface area contributed by atoms with Crippen LogP contribution in [0.2, 0.25) is 0 Å². The molecule has 3 aromatic rings. The van der Waals surface area contributed by atoms with Crippen LogP contribution in [0.1, 0.15) is 11.1 Å². The second kappa shape index (κ2) is 8.86. The summed E-state index contributed by atoms with van der Waals surface area (Å²) in [5.41, 5.74) is 8.28. The number of allylic oxidation sites excluding steroid dienone is 4. The van der Waals surface area contributed by atoms with E-state index in [1.807, 2.05) is 37.5 Å². The first-order valence-electron chi connectivity index (χ1n) is 9.15. The van der Waals surface area contributed by atoms with E-state index in [0.29, 0.717) is 0 Å². The normalized spacial score (nSPS) is 11.2. The Balaban J connectivity index is 1.93. The van der Waals surface area contributed by atoms with Crippen LogP contribution < -0.4 is 5.32 Å². The van der Waals surface area contributed by atoms with Crippen LogP contribution in [-0.4, -0.2) is 7.05 Å². The molecule has 0 amide bonds. The molecule has 3 rings (SSSR count). The van der Waals surface area contributed by atoms with Crippen molar-refractivity contribution < 1.29 is 0 Å². The summed E-state index contributed by atoms with van der Waals surface area (Å²) in [6, 6.07) is 25.7. The van der Waals surface area contributed by atoms with Crippen LogP contribution in [0.15, 0.2) is 104 Å². The molecule has 27 heavy (non-hydrogen) atoms. The van der Waals surface area contributed by atoms with Crippen molar-refractivity contribution in [3.63, 3.8) is 0 Å². The van der Waals surface area contributed by atoms with Crippen LogP contribution in [0.3, 0.4) is 0 Å². The Morgan fingerprint density at radius 3 is 2.19 bits per heavy atom. The fourth-order valence-corrected chi connectivity index (χ4v) is 3.07. The third-order valence-corrected chi connectivity index (χ3v) is 4.56. The second-order valence-electron chi connectivity index (χ2n) is 6.51. The van der Waals surface area contributed by atoms with Crippen LogP contribution in [0.25, 0.3) is 27.8 Å². The van der Waals surface area contributed by atoms with Crippen molar-refractivity contribution in [3.8, 4) is 22.3 Å². The summed E-state index contributed by atoms with van der Waals surface area (Å²) < 4.78 is 0. The molecule has 1 heteroatoms. The number of hydrogen-bond donors (Lipinski definition) is 1.